The van der Waals surface area contributed by atoms with Crippen molar-refractivity contribution in [3.8, 4) is 44.5 Å². The average Bonchev–Trinajstić information content (AvgIpc) is 3.68. The summed E-state index contributed by atoms with van der Waals surface area (Å²) < 4.78 is 0. The van der Waals surface area contributed by atoms with Crippen LogP contribution in [-0.4, -0.2) is 0 Å². The molecular formula is C63H47N. The molecule has 0 unspecified atom stereocenters. The van der Waals surface area contributed by atoms with E-state index in [9.17, 15) is 0 Å². The molecule has 0 N–H and O–H groups in total. The summed E-state index contributed by atoms with van der Waals surface area (Å²) in [6.07, 6.45) is 4.84. The van der Waals surface area contributed by atoms with Gasteiger partial charge < -0.3 is 4.90 Å². The largest absolute Gasteiger partial charge is 0.310 e. The quantitative estimate of drug-likeness (QED) is 0.148. The molecule has 0 atom stereocenters. The number of hydrogen-bond acceptors (Lipinski definition) is 1. The lowest BCUT2D eigenvalue weighted by Gasteiger charge is -2.35. The van der Waals surface area contributed by atoms with E-state index in [4.69, 9.17) is 0 Å². The van der Waals surface area contributed by atoms with Gasteiger partial charge in [-0.05, 0) is 145 Å². The highest BCUT2D eigenvalue weighted by atomic mass is 15.1. The molecule has 0 amide bonds. The Bertz CT molecular complexity index is 3260. The van der Waals surface area contributed by atoms with Crippen molar-refractivity contribution in [2.45, 2.75) is 31.1 Å². The third-order valence-electron chi connectivity index (χ3n) is 13.9. The van der Waals surface area contributed by atoms with E-state index in [1.807, 2.05) is 0 Å². The van der Waals surface area contributed by atoms with Crippen LogP contribution in [0.4, 0.5) is 17.1 Å². The van der Waals surface area contributed by atoms with E-state index in [0.29, 0.717) is 0 Å². The molecule has 0 bridgehead atoms. The molecule has 10 aromatic carbocycles. The Balaban J connectivity index is 1.14. The van der Waals surface area contributed by atoms with Crippen LogP contribution in [0.3, 0.4) is 0 Å². The zero-order valence-electron chi connectivity index (χ0n) is 35.8. The lowest BCUT2D eigenvalue weighted by atomic mass is 9.67. The first-order chi connectivity index (χ1) is 31.8. The van der Waals surface area contributed by atoms with Gasteiger partial charge in [-0.15, -0.1) is 0 Å². The molecule has 0 saturated heterocycles. The van der Waals surface area contributed by atoms with Crippen LogP contribution in [0.5, 0.6) is 0 Å². The van der Waals surface area contributed by atoms with Crippen molar-refractivity contribution >= 4 is 27.8 Å². The van der Waals surface area contributed by atoms with Gasteiger partial charge >= 0.3 is 0 Å². The molecule has 0 saturated carbocycles. The van der Waals surface area contributed by atoms with Gasteiger partial charge in [-0.2, -0.15) is 0 Å². The number of benzene rings is 10. The third kappa shape index (κ3) is 6.22. The molecule has 1 nitrogen and oxygen atoms in total. The zero-order valence-corrected chi connectivity index (χ0v) is 35.8. The number of hydrogen-bond donors (Lipinski definition) is 0. The highest BCUT2D eigenvalue weighted by Gasteiger charge is 2.47. The summed E-state index contributed by atoms with van der Waals surface area (Å²) in [5, 5.41) is 2.43. The Morgan fingerprint density at radius 2 is 0.891 bits per heavy atom. The maximum Gasteiger partial charge on any atom is 0.0714 e. The summed E-state index contributed by atoms with van der Waals surface area (Å²) in [4.78, 5) is 2.52. The molecule has 2 aliphatic rings. The van der Waals surface area contributed by atoms with Gasteiger partial charge in [0.1, 0.15) is 0 Å². The fourth-order valence-corrected chi connectivity index (χ4v) is 11.1. The molecule has 64 heavy (non-hydrogen) atoms. The van der Waals surface area contributed by atoms with Crippen LogP contribution in [0.15, 0.2) is 237 Å². The number of nitrogens with zero attached hydrogens (tertiary/aromatic N) is 1. The molecule has 0 aromatic heterocycles. The van der Waals surface area contributed by atoms with E-state index in [-0.39, 0.29) is 0 Å². The average molecular weight is 818 g/mol. The van der Waals surface area contributed by atoms with Crippen molar-refractivity contribution in [1.82, 2.24) is 0 Å². The topological polar surface area (TPSA) is 3.24 Å². The smallest absolute Gasteiger partial charge is 0.0714 e. The first-order valence-electron chi connectivity index (χ1n) is 22.8. The fraction of sp³-hybridized carbons (Fsp3) is 0.0794. The highest BCUT2D eigenvalue weighted by Crippen LogP contribution is 2.59. The van der Waals surface area contributed by atoms with Crippen molar-refractivity contribution < 1.29 is 0 Å². The molecule has 0 aliphatic heterocycles. The van der Waals surface area contributed by atoms with E-state index in [1.54, 1.807) is 0 Å². The van der Waals surface area contributed by atoms with E-state index in [2.05, 4.69) is 241 Å². The second-order valence-corrected chi connectivity index (χ2v) is 17.4. The van der Waals surface area contributed by atoms with Crippen molar-refractivity contribution in [3.05, 3.63) is 270 Å². The van der Waals surface area contributed by atoms with Crippen molar-refractivity contribution in [2.75, 3.05) is 4.90 Å². The Kier molecular flexibility index (Phi) is 9.42. The molecule has 10 aromatic rings. The summed E-state index contributed by atoms with van der Waals surface area (Å²) in [6.45, 7) is 0. The van der Waals surface area contributed by atoms with E-state index in [1.165, 1.54) is 108 Å². The summed E-state index contributed by atoms with van der Waals surface area (Å²) in [5.74, 6) is 0. The standard InChI is InChI=1S/C63H47N/c1-5-19-45(20-6-1)56-33-18-34-59-62(56)57-40-39-53(43-60(57)63(59,50-27-9-3-10-28-50)51-29-11-4-12-30-51)64(52-37-35-47(36-38-52)55-32-17-26-44-23-15-16-31-54(44)55)61-42-49-25-14-13-24-48(49)41-58(61)46-21-7-2-8-22-46/h1-14,17-22,24-30,32-43H,15-16,23,31H2. The maximum atomic E-state index is 2.52. The molecular weight excluding hydrogens is 771 g/mol. The van der Waals surface area contributed by atoms with Crippen LogP contribution < -0.4 is 4.90 Å². The van der Waals surface area contributed by atoms with Crippen LogP contribution >= 0.6 is 0 Å². The summed E-state index contributed by atoms with van der Waals surface area (Å²) in [6, 6.07) is 88.2. The van der Waals surface area contributed by atoms with Gasteiger partial charge in [0.2, 0.25) is 0 Å². The Morgan fingerprint density at radius 1 is 0.344 bits per heavy atom. The Morgan fingerprint density at radius 3 is 1.58 bits per heavy atom. The van der Waals surface area contributed by atoms with E-state index in [0.717, 1.165) is 23.5 Å². The highest BCUT2D eigenvalue weighted by molar-refractivity contribution is 6.00. The summed E-state index contributed by atoms with van der Waals surface area (Å²) in [7, 11) is 0. The van der Waals surface area contributed by atoms with Crippen LogP contribution in [-0.2, 0) is 18.3 Å². The fourth-order valence-electron chi connectivity index (χ4n) is 11.1. The zero-order chi connectivity index (χ0) is 42.5. The monoisotopic (exact) mass is 817 g/mol. The molecule has 0 spiro atoms. The lowest BCUT2D eigenvalue weighted by Crippen LogP contribution is -2.28. The van der Waals surface area contributed by atoms with Crippen molar-refractivity contribution in [3.63, 3.8) is 0 Å². The minimum atomic E-state index is -0.582. The van der Waals surface area contributed by atoms with Gasteiger partial charge in [-0.1, -0.05) is 200 Å². The van der Waals surface area contributed by atoms with Crippen LogP contribution in [0.25, 0.3) is 55.3 Å². The maximum absolute atomic E-state index is 2.52. The number of fused-ring (bicyclic) bond motifs is 5. The SMILES string of the molecule is c1ccc(-c2cc3ccccc3cc2N(c2ccc(-c3cccc4c3CCCC4)cc2)c2ccc3c(c2)C(c2ccccc2)(c2ccccc2)c2cccc(-c4ccccc4)c2-3)cc1. The van der Waals surface area contributed by atoms with Gasteiger partial charge in [-0.3, -0.25) is 0 Å². The second-order valence-electron chi connectivity index (χ2n) is 17.4. The molecule has 0 radical (unpaired) electrons. The first kappa shape index (κ1) is 38.0. The second kappa shape index (κ2) is 15.9. The molecule has 12 rings (SSSR count). The molecule has 2 aliphatic carbocycles. The number of rotatable bonds is 8. The van der Waals surface area contributed by atoms with Crippen LogP contribution in [0, 0.1) is 0 Å². The van der Waals surface area contributed by atoms with Gasteiger partial charge in [0.05, 0.1) is 11.1 Å². The molecule has 0 heterocycles. The third-order valence-corrected chi connectivity index (χ3v) is 13.9. The normalized spacial score (nSPS) is 13.5. The lowest BCUT2D eigenvalue weighted by molar-refractivity contribution is 0.687. The van der Waals surface area contributed by atoms with Crippen LogP contribution in [0.1, 0.15) is 46.2 Å². The summed E-state index contributed by atoms with van der Waals surface area (Å²) in [5.41, 5.74) is 20.9. The molecule has 304 valence electrons. The minimum absolute atomic E-state index is 0.582. The predicted octanol–water partition coefficient (Wildman–Crippen LogP) is 16.6. The van der Waals surface area contributed by atoms with Gasteiger partial charge in [0, 0.05) is 16.9 Å². The van der Waals surface area contributed by atoms with Crippen LogP contribution in [0.2, 0.25) is 0 Å². The van der Waals surface area contributed by atoms with Gasteiger partial charge in [-0.25, -0.2) is 0 Å². The molecule has 0 fully saturated rings. The summed E-state index contributed by atoms with van der Waals surface area (Å²) >= 11 is 0. The predicted molar refractivity (Wildman–Crippen MR) is 269 cm³/mol. The first-order valence-corrected chi connectivity index (χ1v) is 22.8. The van der Waals surface area contributed by atoms with Crippen molar-refractivity contribution in [1.29, 1.82) is 0 Å². The van der Waals surface area contributed by atoms with E-state index < -0.39 is 5.41 Å². The van der Waals surface area contributed by atoms with Gasteiger partial charge in [0.15, 0.2) is 0 Å². The Labute approximate surface area is 376 Å². The molecule has 1 heteroatoms. The Hall–Kier alpha value is -7.74. The minimum Gasteiger partial charge on any atom is -0.310 e. The van der Waals surface area contributed by atoms with E-state index >= 15 is 0 Å². The number of anilines is 3. The van der Waals surface area contributed by atoms with Gasteiger partial charge in [0.25, 0.3) is 0 Å². The van der Waals surface area contributed by atoms with Crippen molar-refractivity contribution in [2.24, 2.45) is 0 Å². The number of aryl methyl sites for hydroxylation is 1.